The molecule has 0 spiro atoms. The lowest BCUT2D eigenvalue weighted by atomic mass is 10.00. The van der Waals surface area contributed by atoms with Gasteiger partial charge in [0.15, 0.2) is 0 Å². The highest BCUT2D eigenvalue weighted by molar-refractivity contribution is 5.35. The summed E-state index contributed by atoms with van der Waals surface area (Å²) >= 11 is 0. The fraction of sp³-hybridized carbons (Fsp3) is 0.579. The number of benzene rings is 1. The summed E-state index contributed by atoms with van der Waals surface area (Å²) in [6, 6.07) is 6.48. The highest BCUT2D eigenvalue weighted by atomic mass is 16.5. The van der Waals surface area contributed by atoms with Gasteiger partial charge >= 0.3 is 0 Å². The van der Waals surface area contributed by atoms with Crippen LogP contribution < -0.4 is 4.74 Å². The molecule has 1 aromatic carbocycles. The van der Waals surface area contributed by atoms with E-state index in [1.54, 1.807) is 4.68 Å². The van der Waals surface area contributed by atoms with E-state index in [1.165, 1.54) is 5.56 Å². The molecule has 2 aromatic rings. The first kappa shape index (κ1) is 17.9. The monoisotopic (exact) mass is 344 g/mol. The lowest BCUT2D eigenvalue weighted by Crippen LogP contribution is -2.33. The first-order valence-electron chi connectivity index (χ1n) is 8.94. The van der Waals surface area contributed by atoms with E-state index in [4.69, 9.17) is 4.74 Å². The summed E-state index contributed by atoms with van der Waals surface area (Å²) in [5.74, 6) is 0.939. The first-order chi connectivity index (χ1) is 11.9. The highest BCUT2D eigenvalue weighted by Crippen LogP contribution is 2.30. The van der Waals surface area contributed by atoms with Gasteiger partial charge in [0.1, 0.15) is 23.7 Å². The molecular formula is C19H28N4O2. The minimum Gasteiger partial charge on any atom is -0.492 e. The number of nitrogens with zero attached hydrogens (tertiary/aromatic N) is 4. The van der Waals surface area contributed by atoms with E-state index < -0.39 is 5.60 Å². The lowest BCUT2D eigenvalue weighted by molar-refractivity contribution is 0.0403. The normalized spacial score (nSPS) is 21.2. The van der Waals surface area contributed by atoms with Crippen molar-refractivity contribution < 1.29 is 9.84 Å². The van der Waals surface area contributed by atoms with E-state index in [0.717, 1.165) is 24.4 Å². The molecule has 136 valence electrons. The van der Waals surface area contributed by atoms with E-state index in [9.17, 15) is 5.11 Å². The van der Waals surface area contributed by atoms with Gasteiger partial charge in [-0.1, -0.05) is 17.3 Å². The van der Waals surface area contributed by atoms with Crippen LogP contribution in [0.2, 0.25) is 0 Å². The maximum atomic E-state index is 10.9. The predicted molar refractivity (Wildman–Crippen MR) is 96.8 cm³/mol. The van der Waals surface area contributed by atoms with Crippen LogP contribution >= 0.6 is 0 Å². The number of likely N-dealkylation sites (tertiary alicyclic amines) is 1. The van der Waals surface area contributed by atoms with Crippen molar-refractivity contribution in [2.24, 2.45) is 0 Å². The molecule has 0 unspecified atom stereocenters. The van der Waals surface area contributed by atoms with Crippen LogP contribution in [0.4, 0.5) is 0 Å². The number of aliphatic hydroxyl groups is 1. The van der Waals surface area contributed by atoms with Crippen LogP contribution in [-0.2, 0) is 5.60 Å². The molecule has 1 aliphatic heterocycles. The summed E-state index contributed by atoms with van der Waals surface area (Å²) in [7, 11) is 0. The number of hydrogen-bond donors (Lipinski definition) is 1. The van der Waals surface area contributed by atoms with Gasteiger partial charge in [-0.25, -0.2) is 4.68 Å². The molecule has 1 atom stereocenters. The Hall–Kier alpha value is -1.92. The van der Waals surface area contributed by atoms with Gasteiger partial charge in [0.25, 0.3) is 0 Å². The summed E-state index contributed by atoms with van der Waals surface area (Å²) in [5.41, 5.74) is 2.10. The second-order valence-corrected chi connectivity index (χ2v) is 7.35. The molecule has 0 aliphatic carbocycles. The zero-order valence-corrected chi connectivity index (χ0v) is 15.6. The Balaban J connectivity index is 1.54. The fourth-order valence-electron chi connectivity index (χ4n) is 3.16. The highest BCUT2D eigenvalue weighted by Gasteiger charge is 2.40. The molecular weight excluding hydrogens is 316 g/mol. The third-order valence-corrected chi connectivity index (χ3v) is 4.85. The van der Waals surface area contributed by atoms with Crippen LogP contribution in [0.3, 0.4) is 0 Å². The largest absolute Gasteiger partial charge is 0.492 e. The van der Waals surface area contributed by atoms with Crippen molar-refractivity contribution in [3.8, 4) is 5.75 Å². The third kappa shape index (κ3) is 4.02. The lowest BCUT2D eigenvalue weighted by Gasteiger charge is -2.21. The van der Waals surface area contributed by atoms with Gasteiger partial charge in [0, 0.05) is 25.7 Å². The zero-order chi connectivity index (χ0) is 18.0. The number of ether oxygens (including phenoxy) is 1. The molecule has 0 bridgehead atoms. The van der Waals surface area contributed by atoms with Crippen molar-refractivity contribution in [2.45, 2.75) is 45.8 Å². The van der Waals surface area contributed by atoms with Crippen molar-refractivity contribution in [3.63, 3.8) is 0 Å². The average Bonchev–Trinajstić information content (AvgIpc) is 3.19. The van der Waals surface area contributed by atoms with Crippen LogP contribution in [0.25, 0.3) is 0 Å². The maximum Gasteiger partial charge on any atom is 0.124 e. The minimum atomic E-state index is -0.910. The van der Waals surface area contributed by atoms with Gasteiger partial charge in [-0.2, -0.15) is 0 Å². The Bertz CT molecular complexity index is 728. The zero-order valence-electron chi connectivity index (χ0n) is 15.6. The Morgan fingerprint density at radius 2 is 2.12 bits per heavy atom. The Morgan fingerprint density at radius 3 is 2.84 bits per heavy atom. The number of hydrogen-bond acceptors (Lipinski definition) is 5. The molecule has 6 nitrogen and oxygen atoms in total. The van der Waals surface area contributed by atoms with Crippen LogP contribution in [0.5, 0.6) is 5.75 Å². The third-order valence-electron chi connectivity index (χ3n) is 4.85. The predicted octanol–water partition coefficient (Wildman–Crippen LogP) is 2.45. The maximum absolute atomic E-state index is 10.9. The van der Waals surface area contributed by atoms with E-state index in [0.29, 0.717) is 25.3 Å². The van der Waals surface area contributed by atoms with Crippen molar-refractivity contribution in [3.05, 3.63) is 41.2 Å². The molecule has 0 radical (unpaired) electrons. The van der Waals surface area contributed by atoms with Crippen molar-refractivity contribution in [1.82, 2.24) is 19.9 Å². The molecule has 1 saturated heterocycles. The summed E-state index contributed by atoms with van der Waals surface area (Å²) in [5, 5.41) is 19.2. The average molecular weight is 344 g/mol. The van der Waals surface area contributed by atoms with Crippen molar-refractivity contribution in [1.29, 1.82) is 0 Å². The Morgan fingerprint density at radius 1 is 1.32 bits per heavy atom. The summed E-state index contributed by atoms with van der Waals surface area (Å²) < 4.78 is 7.72. The topological polar surface area (TPSA) is 63.4 Å². The van der Waals surface area contributed by atoms with Gasteiger partial charge in [0.05, 0.1) is 6.20 Å². The molecule has 0 amide bonds. The van der Waals surface area contributed by atoms with E-state index in [-0.39, 0.29) is 6.04 Å². The van der Waals surface area contributed by atoms with Crippen LogP contribution in [-0.4, -0.2) is 51.2 Å². The SMILES string of the molecule is Cc1ccc(C)c(OCCN2CC[C@@](O)(c3cn(C(C)C)nn3)C2)c1. The standard InChI is InChI=1S/C19H28N4O2/c1-14(2)23-12-18(20-21-23)19(24)7-8-22(13-19)9-10-25-17-11-15(3)5-6-16(17)4/h5-6,11-12,14,24H,7-10,13H2,1-4H3/t19-/m0/s1. The Kier molecular flexibility index (Phi) is 5.11. The number of β-amino-alcohol motifs (C(OH)–C–C–N with tert-alkyl or cyclic N) is 1. The molecule has 1 aromatic heterocycles. The summed E-state index contributed by atoms with van der Waals surface area (Å²) in [6.45, 7) is 11.0. The smallest absolute Gasteiger partial charge is 0.124 e. The van der Waals surface area contributed by atoms with Crippen LogP contribution in [0.1, 0.15) is 43.1 Å². The summed E-state index contributed by atoms with van der Waals surface area (Å²) in [6.07, 6.45) is 2.54. The van der Waals surface area contributed by atoms with Gasteiger partial charge in [-0.3, -0.25) is 4.90 Å². The molecule has 2 heterocycles. The van der Waals surface area contributed by atoms with Crippen molar-refractivity contribution in [2.75, 3.05) is 26.2 Å². The molecule has 6 heteroatoms. The van der Waals surface area contributed by atoms with E-state index in [2.05, 4.69) is 47.3 Å². The Labute approximate surface area is 149 Å². The second-order valence-electron chi connectivity index (χ2n) is 7.35. The quantitative estimate of drug-likeness (QED) is 0.872. The molecule has 1 fully saturated rings. The molecule has 1 N–H and O–H groups in total. The number of aromatic nitrogens is 3. The number of aryl methyl sites for hydroxylation is 2. The fourth-order valence-corrected chi connectivity index (χ4v) is 3.16. The summed E-state index contributed by atoms with van der Waals surface area (Å²) in [4.78, 5) is 2.22. The van der Waals surface area contributed by atoms with E-state index in [1.807, 2.05) is 20.0 Å². The molecule has 1 aliphatic rings. The van der Waals surface area contributed by atoms with Gasteiger partial charge < -0.3 is 9.84 Å². The second kappa shape index (κ2) is 7.14. The van der Waals surface area contributed by atoms with Crippen LogP contribution in [0, 0.1) is 13.8 Å². The van der Waals surface area contributed by atoms with Gasteiger partial charge in [0.2, 0.25) is 0 Å². The first-order valence-corrected chi connectivity index (χ1v) is 8.94. The van der Waals surface area contributed by atoms with E-state index >= 15 is 0 Å². The minimum absolute atomic E-state index is 0.244. The van der Waals surface area contributed by atoms with Crippen molar-refractivity contribution >= 4 is 0 Å². The number of rotatable bonds is 6. The van der Waals surface area contributed by atoms with Gasteiger partial charge in [-0.05, 0) is 51.3 Å². The molecule has 25 heavy (non-hydrogen) atoms. The molecule has 3 rings (SSSR count). The van der Waals surface area contributed by atoms with Gasteiger partial charge in [-0.15, -0.1) is 5.10 Å². The molecule has 0 saturated carbocycles. The van der Waals surface area contributed by atoms with Crippen LogP contribution in [0.15, 0.2) is 24.4 Å².